The Morgan fingerprint density at radius 3 is 1.75 bits per heavy atom. The molecule has 0 spiro atoms. The van der Waals surface area contributed by atoms with E-state index in [-0.39, 0.29) is 17.9 Å². The number of nitrogens with two attached hydrogens (primary N) is 2. The summed E-state index contributed by atoms with van der Waals surface area (Å²) in [7, 11) is 0. The van der Waals surface area contributed by atoms with Crippen molar-refractivity contribution in [3.05, 3.63) is 78.9 Å². The first-order chi connectivity index (χ1) is 13.2. The minimum absolute atomic E-state index is 0.0695. The number of nitrogens with zero attached hydrogens (tertiary/aromatic N) is 2. The summed E-state index contributed by atoms with van der Waals surface area (Å²) in [5.41, 5.74) is 12.7. The standard InChI is InChI=1S/C20H18N4O4/c1-14-12-16(23(25)26)6-8-18(14)20(22,10-4-3-5-11-21)19-9-7-17(24(27)28)13-15(19)2/h6-9,12-13H,11,21-22H2,1-2H3. The number of aryl methyl sites for hydroxylation is 2. The van der Waals surface area contributed by atoms with Crippen LogP contribution in [0.5, 0.6) is 0 Å². The van der Waals surface area contributed by atoms with E-state index in [0.717, 1.165) is 0 Å². The van der Waals surface area contributed by atoms with Gasteiger partial charge in [0.1, 0.15) is 5.54 Å². The van der Waals surface area contributed by atoms with E-state index in [1.54, 1.807) is 26.0 Å². The Balaban J connectivity index is 2.73. The van der Waals surface area contributed by atoms with Crippen molar-refractivity contribution in [3.8, 4) is 23.7 Å². The van der Waals surface area contributed by atoms with E-state index in [0.29, 0.717) is 22.3 Å². The highest BCUT2D eigenvalue weighted by atomic mass is 16.6. The molecule has 0 saturated heterocycles. The van der Waals surface area contributed by atoms with Crippen LogP contribution >= 0.6 is 0 Å². The Morgan fingerprint density at radius 2 is 1.39 bits per heavy atom. The van der Waals surface area contributed by atoms with Crippen LogP contribution in [0.15, 0.2) is 36.4 Å². The minimum Gasteiger partial charge on any atom is -0.320 e. The Morgan fingerprint density at radius 1 is 0.929 bits per heavy atom. The molecule has 0 bridgehead atoms. The quantitative estimate of drug-likeness (QED) is 0.475. The smallest absolute Gasteiger partial charge is 0.269 e. The first kappa shape index (κ1) is 20.6. The highest BCUT2D eigenvalue weighted by Gasteiger charge is 2.32. The van der Waals surface area contributed by atoms with E-state index in [2.05, 4.69) is 23.7 Å². The summed E-state index contributed by atoms with van der Waals surface area (Å²) >= 11 is 0. The second-order valence-electron chi connectivity index (χ2n) is 6.08. The molecule has 0 aromatic heterocycles. The molecule has 28 heavy (non-hydrogen) atoms. The number of nitro groups is 2. The van der Waals surface area contributed by atoms with Crippen LogP contribution in [-0.4, -0.2) is 16.4 Å². The molecular formula is C20H18N4O4. The average molecular weight is 378 g/mol. The first-order valence-electron chi connectivity index (χ1n) is 8.20. The molecule has 8 nitrogen and oxygen atoms in total. The van der Waals surface area contributed by atoms with Gasteiger partial charge in [-0.3, -0.25) is 20.2 Å². The Hall–Kier alpha value is -3.72. The van der Waals surface area contributed by atoms with Crippen LogP contribution in [0.4, 0.5) is 11.4 Å². The Bertz CT molecular complexity index is 1010. The Kier molecular flexibility index (Phi) is 6.11. The molecule has 0 unspecified atom stereocenters. The zero-order valence-electron chi connectivity index (χ0n) is 15.4. The lowest BCUT2D eigenvalue weighted by molar-refractivity contribution is -0.385. The van der Waals surface area contributed by atoms with Crippen LogP contribution in [0, 0.1) is 57.8 Å². The van der Waals surface area contributed by atoms with E-state index in [4.69, 9.17) is 11.5 Å². The van der Waals surface area contributed by atoms with Gasteiger partial charge in [0.25, 0.3) is 11.4 Å². The summed E-state index contributed by atoms with van der Waals surface area (Å²) in [6.07, 6.45) is 0. The van der Waals surface area contributed by atoms with E-state index in [1.807, 2.05) is 0 Å². The summed E-state index contributed by atoms with van der Waals surface area (Å²) in [5.74, 6) is 10.8. The summed E-state index contributed by atoms with van der Waals surface area (Å²) < 4.78 is 0. The maximum atomic E-state index is 11.0. The predicted octanol–water partition coefficient (Wildman–Crippen LogP) is 2.29. The SMILES string of the molecule is Cc1cc([N+](=O)[O-])ccc1C(N)(C#CC#CCN)c1ccc([N+](=O)[O-])cc1C. The van der Waals surface area contributed by atoms with E-state index >= 15 is 0 Å². The summed E-state index contributed by atoms with van der Waals surface area (Å²) in [6.45, 7) is 3.52. The van der Waals surface area contributed by atoms with E-state index in [1.165, 1.54) is 24.3 Å². The molecule has 4 N–H and O–H groups in total. The molecule has 2 aromatic rings. The van der Waals surface area contributed by atoms with Crippen LogP contribution in [0.1, 0.15) is 22.3 Å². The molecular weight excluding hydrogens is 360 g/mol. The van der Waals surface area contributed by atoms with Gasteiger partial charge >= 0.3 is 0 Å². The van der Waals surface area contributed by atoms with Crippen LogP contribution in [-0.2, 0) is 5.54 Å². The fourth-order valence-corrected chi connectivity index (χ4v) is 2.91. The van der Waals surface area contributed by atoms with Crippen molar-refractivity contribution in [2.24, 2.45) is 11.5 Å². The third kappa shape index (κ3) is 4.15. The van der Waals surface area contributed by atoms with Gasteiger partial charge in [0.2, 0.25) is 0 Å². The van der Waals surface area contributed by atoms with Gasteiger partial charge in [-0.1, -0.05) is 11.8 Å². The number of rotatable bonds is 4. The minimum atomic E-state index is -1.37. The zero-order chi connectivity index (χ0) is 20.9. The lowest BCUT2D eigenvalue weighted by atomic mass is 9.79. The number of hydrogen-bond acceptors (Lipinski definition) is 6. The van der Waals surface area contributed by atoms with E-state index in [9.17, 15) is 20.2 Å². The van der Waals surface area contributed by atoms with Gasteiger partial charge in [0, 0.05) is 24.3 Å². The van der Waals surface area contributed by atoms with Crippen LogP contribution in [0.2, 0.25) is 0 Å². The van der Waals surface area contributed by atoms with Crippen LogP contribution < -0.4 is 11.5 Å². The molecule has 0 heterocycles. The summed E-state index contributed by atoms with van der Waals surface area (Å²) in [6, 6.07) is 8.59. The van der Waals surface area contributed by atoms with Crippen LogP contribution in [0.3, 0.4) is 0 Å². The molecule has 2 rings (SSSR count). The van der Waals surface area contributed by atoms with Gasteiger partial charge in [-0.05, 0) is 60.1 Å². The highest BCUT2D eigenvalue weighted by Crippen LogP contribution is 2.34. The molecule has 142 valence electrons. The zero-order valence-corrected chi connectivity index (χ0v) is 15.4. The van der Waals surface area contributed by atoms with Crippen molar-refractivity contribution in [1.82, 2.24) is 0 Å². The van der Waals surface area contributed by atoms with Crippen molar-refractivity contribution in [2.45, 2.75) is 19.4 Å². The number of benzene rings is 2. The third-order valence-electron chi connectivity index (χ3n) is 4.20. The second-order valence-corrected chi connectivity index (χ2v) is 6.08. The molecule has 0 atom stereocenters. The number of non-ortho nitro benzene ring substituents is 2. The van der Waals surface area contributed by atoms with Gasteiger partial charge in [0.15, 0.2) is 0 Å². The lowest BCUT2D eigenvalue weighted by Crippen LogP contribution is -2.38. The van der Waals surface area contributed by atoms with Crippen molar-refractivity contribution in [3.63, 3.8) is 0 Å². The molecule has 0 amide bonds. The van der Waals surface area contributed by atoms with Gasteiger partial charge in [-0.15, -0.1) is 0 Å². The van der Waals surface area contributed by atoms with Crippen LogP contribution in [0.25, 0.3) is 0 Å². The average Bonchev–Trinajstić information content (AvgIpc) is 2.64. The molecule has 0 saturated carbocycles. The molecule has 0 aliphatic heterocycles. The molecule has 0 fully saturated rings. The molecule has 0 aliphatic carbocycles. The largest absolute Gasteiger partial charge is 0.320 e. The normalized spacial score (nSPS) is 10.3. The summed E-state index contributed by atoms with van der Waals surface area (Å²) in [4.78, 5) is 21.1. The number of hydrogen-bond donors (Lipinski definition) is 2. The van der Waals surface area contributed by atoms with Gasteiger partial charge in [-0.2, -0.15) is 0 Å². The van der Waals surface area contributed by atoms with Gasteiger partial charge in [0.05, 0.1) is 16.4 Å². The molecule has 0 radical (unpaired) electrons. The Labute approximate surface area is 161 Å². The third-order valence-corrected chi connectivity index (χ3v) is 4.20. The summed E-state index contributed by atoms with van der Waals surface area (Å²) in [5, 5.41) is 22.1. The fourth-order valence-electron chi connectivity index (χ4n) is 2.91. The number of nitro benzene ring substituents is 2. The van der Waals surface area contributed by atoms with E-state index < -0.39 is 15.4 Å². The molecule has 8 heteroatoms. The van der Waals surface area contributed by atoms with Gasteiger partial charge in [-0.25, -0.2) is 0 Å². The van der Waals surface area contributed by atoms with Crippen molar-refractivity contribution >= 4 is 11.4 Å². The second kappa shape index (κ2) is 8.31. The lowest BCUT2D eigenvalue weighted by Gasteiger charge is -2.28. The van der Waals surface area contributed by atoms with Crippen molar-refractivity contribution in [1.29, 1.82) is 0 Å². The maximum Gasteiger partial charge on any atom is 0.269 e. The monoisotopic (exact) mass is 378 g/mol. The van der Waals surface area contributed by atoms with Crippen molar-refractivity contribution < 1.29 is 9.85 Å². The topological polar surface area (TPSA) is 138 Å². The van der Waals surface area contributed by atoms with Gasteiger partial charge < -0.3 is 11.5 Å². The first-order valence-corrected chi connectivity index (χ1v) is 8.20. The fraction of sp³-hybridized carbons (Fsp3) is 0.200. The van der Waals surface area contributed by atoms with Crippen molar-refractivity contribution in [2.75, 3.05) is 6.54 Å². The molecule has 2 aromatic carbocycles. The molecule has 0 aliphatic rings. The maximum absolute atomic E-state index is 11.0. The highest BCUT2D eigenvalue weighted by molar-refractivity contribution is 5.57. The predicted molar refractivity (Wildman–Crippen MR) is 105 cm³/mol.